The van der Waals surface area contributed by atoms with E-state index in [9.17, 15) is 0 Å². The molecule has 106 valence electrons. The van der Waals surface area contributed by atoms with Crippen LogP contribution in [0.1, 0.15) is 58.8 Å². The molecule has 4 atom stereocenters. The average Bonchev–Trinajstić information content (AvgIpc) is 2.38. The normalized spacial score (nSPS) is 32.2. The summed E-state index contributed by atoms with van der Waals surface area (Å²) in [7, 11) is 2.15. The fraction of sp³-hybridized carbons (Fsp3) is 1.00. The van der Waals surface area contributed by atoms with Gasteiger partial charge in [-0.05, 0) is 51.0 Å². The zero-order valence-electron chi connectivity index (χ0n) is 12.6. The van der Waals surface area contributed by atoms with Crippen molar-refractivity contribution >= 4 is 0 Å². The van der Waals surface area contributed by atoms with Gasteiger partial charge in [0.15, 0.2) is 0 Å². The Hall–Kier alpha value is -0.0800. The molecule has 1 saturated carbocycles. The number of nitrogens with zero attached hydrogens (tertiary/aromatic N) is 1. The Kier molecular flexibility index (Phi) is 5.50. The number of piperidine rings is 1. The second kappa shape index (κ2) is 6.91. The highest BCUT2D eigenvalue weighted by Gasteiger charge is 2.35. The summed E-state index contributed by atoms with van der Waals surface area (Å²) in [6.45, 7) is 7.42. The van der Waals surface area contributed by atoms with Gasteiger partial charge < -0.3 is 5.32 Å². The van der Waals surface area contributed by atoms with Crippen LogP contribution in [0.2, 0.25) is 0 Å². The Labute approximate surface area is 114 Å². The summed E-state index contributed by atoms with van der Waals surface area (Å²) in [5.41, 5.74) is 0. The maximum Gasteiger partial charge on any atom is 0.0246 e. The molecule has 1 saturated heterocycles. The lowest BCUT2D eigenvalue weighted by molar-refractivity contribution is 0.0371. The van der Waals surface area contributed by atoms with Crippen LogP contribution in [0.3, 0.4) is 0 Å². The van der Waals surface area contributed by atoms with Crippen molar-refractivity contribution in [2.75, 3.05) is 20.1 Å². The summed E-state index contributed by atoms with van der Waals surface area (Å²) in [5, 5.41) is 3.58. The summed E-state index contributed by atoms with van der Waals surface area (Å²) in [6.07, 6.45) is 9.90. The number of rotatable bonds is 6. The zero-order chi connectivity index (χ0) is 13.0. The molecule has 2 bridgehead atoms. The molecule has 2 fully saturated rings. The Morgan fingerprint density at radius 3 is 2.33 bits per heavy atom. The van der Waals surface area contributed by atoms with Crippen molar-refractivity contribution in [3.05, 3.63) is 0 Å². The van der Waals surface area contributed by atoms with Gasteiger partial charge in [0.1, 0.15) is 0 Å². The highest BCUT2D eigenvalue weighted by molar-refractivity contribution is 4.90. The number of nitrogens with one attached hydrogen (secondary N) is 1. The number of hydrogen-bond acceptors (Lipinski definition) is 2. The monoisotopic (exact) mass is 252 g/mol. The third-order valence-corrected chi connectivity index (χ3v) is 5.20. The van der Waals surface area contributed by atoms with Crippen molar-refractivity contribution in [3.63, 3.8) is 0 Å². The summed E-state index contributed by atoms with van der Waals surface area (Å²) in [5.74, 6) is 2.01. The molecule has 1 aliphatic carbocycles. The molecule has 4 unspecified atom stereocenters. The molecule has 0 aromatic rings. The minimum absolute atomic E-state index is 0.693. The number of hydrogen-bond donors (Lipinski definition) is 1. The van der Waals surface area contributed by atoms with Gasteiger partial charge in [0.25, 0.3) is 0 Å². The number of fused-ring (bicyclic) bond motifs is 2. The molecule has 18 heavy (non-hydrogen) atoms. The van der Waals surface area contributed by atoms with Crippen molar-refractivity contribution in [2.45, 2.75) is 70.9 Å². The van der Waals surface area contributed by atoms with E-state index in [1.807, 2.05) is 0 Å². The first-order valence-electron chi connectivity index (χ1n) is 8.19. The Morgan fingerprint density at radius 2 is 1.83 bits per heavy atom. The van der Waals surface area contributed by atoms with Crippen LogP contribution in [-0.4, -0.2) is 37.1 Å². The van der Waals surface area contributed by atoms with E-state index >= 15 is 0 Å². The van der Waals surface area contributed by atoms with Crippen molar-refractivity contribution in [1.29, 1.82) is 0 Å². The summed E-state index contributed by atoms with van der Waals surface area (Å²) >= 11 is 0. The standard InChI is InChI=1S/C16H32N2/c1-4-7-15(17-3)16(5-2)18-11-13-8-6-9-14(10-13)12-18/h13-17H,4-12H2,1-3H3. The number of likely N-dealkylation sites (tertiary alicyclic amines) is 1. The summed E-state index contributed by atoms with van der Waals surface area (Å²) in [6, 6.07) is 1.46. The third-order valence-electron chi connectivity index (χ3n) is 5.20. The molecule has 2 aliphatic rings. The lowest BCUT2D eigenvalue weighted by Gasteiger charge is -2.46. The van der Waals surface area contributed by atoms with E-state index < -0.39 is 0 Å². The van der Waals surface area contributed by atoms with Crippen molar-refractivity contribution < 1.29 is 0 Å². The predicted octanol–water partition coefficient (Wildman–Crippen LogP) is 3.28. The molecule has 1 N–H and O–H groups in total. The SMILES string of the molecule is CCCC(NC)C(CC)N1CC2CCCC(C2)C1. The smallest absolute Gasteiger partial charge is 0.0246 e. The van der Waals surface area contributed by atoms with Crippen LogP contribution in [0.5, 0.6) is 0 Å². The van der Waals surface area contributed by atoms with E-state index in [1.54, 1.807) is 0 Å². The predicted molar refractivity (Wildman–Crippen MR) is 78.9 cm³/mol. The van der Waals surface area contributed by atoms with Gasteiger partial charge in [0, 0.05) is 25.2 Å². The van der Waals surface area contributed by atoms with Crippen LogP contribution < -0.4 is 5.32 Å². The van der Waals surface area contributed by atoms with E-state index in [1.165, 1.54) is 58.0 Å². The Bertz CT molecular complexity index is 229. The van der Waals surface area contributed by atoms with E-state index in [-0.39, 0.29) is 0 Å². The van der Waals surface area contributed by atoms with Gasteiger partial charge in [-0.3, -0.25) is 4.90 Å². The van der Waals surface area contributed by atoms with Crippen LogP contribution in [0, 0.1) is 11.8 Å². The first-order chi connectivity index (χ1) is 8.78. The lowest BCUT2D eigenvalue weighted by Crippen LogP contribution is -2.54. The Morgan fingerprint density at radius 1 is 1.17 bits per heavy atom. The lowest BCUT2D eigenvalue weighted by atomic mass is 9.77. The number of likely N-dealkylation sites (N-methyl/N-ethyl adjacent to an activating group) is 1. The quantitative estimate of drug-likeness (QED) is 0.780. The minimum Gasteiger partial charge on any atom is -0.315 e. The van der Waals surface area contributed by atoms with Crippen LogP contribution in [-0.2, 0) is 0 Å². The molecule has 0 aromatic heterocycles. The second-order valence-electron chi connectivity index (χ2n) is 6.51. The fourth-order valence-electron chi connectivity index (χ4n) is 4.38. The van der Waals surface area contributed by atoms with Crippen LogP contribution >= 0.6 is 0 Å². The van der Waals surface area contributed by atoms with E-state index in [0.717, 1.165) is 17.9 Å². The highest BCUT2D eigenvalue weighted by Crippen LogP contribution is 2.36. The first-order valence-corrected chi connectivity index (χ1v) is 8.19. The van der Waals surface area contributed by atoms with Gasteiger partial charge in [-0.15, -0.1) is 0 Å². The molecule has 1 heterocycles. The van der Waals surface area contributed by atoms with Crippen molar-refractivity contribution in [3.8, 4) is 0 Å². The first kappa shape index (κ1) is 14.3. The van der Waals surface area contributed by atoms with E-state index in [2.05, 4.69) is 31.1 Å². The van der Waals surface area contributed by atoms with Gasteiger partial charge in [-0.25, -0.2) is 0 Å². The molecule has 2 heteroatoms. The highest BCUT2D eigenvalue weighted by atomic mass is 15.2. The fourth-order valence-corrected chi connectivity index (χ4v) is 4.38. The molecule has 2 rings (SSSR count). The maximum absolute atomic E-state index is 3.58. The van der Waals surface area contributed by atoms with Crippen molar-refractivity contribution in [1.82, 2.24) is 10.2 Å². The van der Waals surface area contributed by atoms with Gasteiger partial charge in [0.05, 0.1) is 0 Å². The van der Waals surface area contributed by atoms with Gasteiger partial charge in [-0.1, -0.05) is 26.7 Å². The largest absolute Gasteiger partial charge is 0.315 e. The van der Waals surface area contributed by atoms with E-state index in [0.29, 0.717) is 6.04 Å². The molecule has 1 aliphatic heterocycles. The summed E-state index contributed by atoms with van der Waals surface area (Å²) < 4.78 is 0. The molecule has 0 amide bonds. The average molecular weight is 252 g/mol. The Balaban J connectivity index is 1.98. The third kappa shape index (κ3) is 3.27. The minimum atomic E-state index is 0.693. The second-order valence-corrected chi connectivity index (χ2v) is 6.51. The maximum atomic E-state index is 3.58. The molecule has 2 nitrogen and oxygen atoms in total. The van der Waals surface area contributed by atoms with Crippen LogP contribution in [0.4, 0.5) is 0 Å². The molecular formula is C16H32N2. The van der Waals surface area contributed by atoms with Crippen LogP contribution in [0.25, 0.3) is 0 Å². The van der Waals surface area contributed by atoms with Gasteiger partial charge >= 0.3 is 0 Å². The molecular weight excluding hydrogens is 220 g/mol. The van der Waals surface area contributed by atoms with E-state index in [4.69, 9.17) is 0 Å². The molecule has 0 spiro atoms. The van der Waals surface area contributed by atoms with Crippen molar-refractivity contribution in [2.24, 2.45) is 11.8 Å². The van der Waals surface area contributed by atoms with Gasteiger partial charge in [-0.2, -0.15) is 0 Å². The van der Waals surface area contributed by atoms with Gasteiger partial charge in [0.2, 0.25) is 0 Å². The topological polar surface area (TPSA) is 15.3 Å². The zero-order valence-corrected chi connectivity index (χ0v) is 12.6. The summed E-state index contributed by atoms with van der Waals surface area (Å²) in [4.78, 5) is 2.83. The molecule has 0 aromatic carbocycles. The van der Waals surface area contributed by atoms with Crippen LogP contribution in [0.15, 0.2) is 0 Å². The molecule has 0 radical (unpaired) electrons.